The van der Waals surface area contributed by atoms with E-state index in [4.69, 9.17) is 4.74 Å². The lowest BCUT2D eigenvalue weighted by molar-refractivity contribution is 0.122. The molecule has 1 aliphatic rings. The van der Waals surface area contributed by atoms with Gasteiger partial charge in [-0.05, 0) is 43.9 Å². The summed E-state index contributed by atoms with van der Waals surface area (Å²) in [4.78, 5) is 18.1. The summed E-state index contributed by atoms with van der Waals surface area (Å²) in [7, 11) is 0. The molecule has 0 aliphatic carbocycles. The second-order valence-electron chi connectivity index (χ2n) is 7.01. The summed E-state index contributed by atoms with van der Waals surface area (Å²) in [5.41, 5.74) is 8.09. The monoisotopic (exact) mass is 340 g/mol. The van der Waals surface area contributed by atoms with Gasteiger partial charge in [0.05, 0.1) is 13.2 Å². The van der Waals surface area contributed by atoms with Crippen molar-refractivity contribution in [1.82, 2.24) is 4.98 Å². The van der Waals surface area contributed by atoms with Gasteiger partial charge in [-0.2, -0.15) is 0 Å². The lowest BCUT2D eigenvalue weighted by atomic mass is 9.94. The standard InChI is InChI=1S/C21H28N2O2/c1-5-18-16(4)22-21(24)20(23-6-8-25-9-7-23)19(18)13-17-11-14(2)10-15(3)12-17/h10-12H,5-9,13H2,1-4H3,(H,22,24). The van der Waals surface area contributed by atoms with E-state index in [2.05, 4.69) is 48.9 Å². The van der Waals surface area contributed by atoms with Crippen molar-refractivity contribution in [2.75, 3.05) is 31.2 Å². The Morgan fingerprint density at radius 2 is 1.68 bits per heavy atom. The van der Waals surface area contributed by atoms with Crippen LogP contribution in [0.5, 0.6) is 0 Å². The summed E-state index contributed by atoms with van der Waals surface area (Å²) >= 11 is 0. The number of ether oxygens (including phenoxy) is 1. The number of nitrogens with one attached hydrogen (secondary N) is 1. The fraction of sp³-hybridized carbons (Fsp3) is 0.476. The average molecular weight is 340 g/mol. The van der Waals surface area contributed by atoms with Crippen LogP contribution < -0.4 is 10.5 Å². The van der Waals surface area contributed by atoms with Gasteiger partial charge in [0.2, 0.25) is 0 Å². The lowest BCUT2D eigenvalue weighted by Crippen LogP contribution is -2.40. The quantitative estimate of drug-likeness (QED) is 0.929. The molecule has 134 valence electrons. The Kier molecular flexibility index (Phi) is 5.28. The van der Waals surface area contributed by atoms with Crippen LogP contribution in [0.4, 0.5) is 5.69 Å². The highest BCUT2D eigenvalue weighted by Gasteiger charge is 2.22. The number of pyridine rings is 1. The van der Waals surface area contributed by atoms with Crippen LogP contribution in [-0.4, -0.2) is 31.3 Å². The molecule has 1 saturated heterocycles. The number of hydrogen-bond donors (Lipinski definition) is 1. The van der Waals surface area contributed by atoms with Crippen molar-refractivity contribution in [2.24, 2.45) is 0 Å². The van der Waals surface area contributed by atoms with Crippen molar-refractivity contribution >= 4 is 5.69 Å². The molecule has 4 nitrogen and oxygen atoms in total. The molecule has 0 amide bonds. The number of H-pyrrole nitrogens is 1. The number of hydrogen-bond acceptors (Lipinski definition) is 3. The molecular weight excluding hydrogens is 312 g/mol. The number of aryl methyl sites for hydroxylation is 3. The molecule has 0 atom stereocenters. The van der Waals surface area contributed by atoms with Gasteiger partial charge in [-0.25, -0.2) is 0 Å². The van der Waals surface area contributed by atoms with Crippen LogP contribution in [0.1, 0.15) is 40.4 Å². The van der Waals surface area contributed by atoms with E-state index in [0.29, 0.717) is 13.2 Å². The van der Waals surface area contributed by atoms with Crippen LogP contribution in [-0.2, 0) is 17.6 Å². The summed E-state index contributed by atoms with van der Waals surface area (Å²) in [6.45, 7) is 11.3. The molecule has 0 unspecified atom stereocenters. The Bertz CT molecular complexity index is 797. The molecule has 2 aromatic rings. The molecule has 1 aromatic carbocycles. The van der Waals surface area contributed by atoms with Gasteiger partial charge < -0.3 is 14.6 Å². The second kappa shape index (κ2) is 7.44. The summed E-state index contributed by atoms with van der Waals surface area (Å²) in [6.07, 6.45) is 1.71. The number of benzene rings is 1. The first-order chi connectivity index (χ1) is 12.0. The summed E-state index contributed by atoms with van der Waals surface area (Å²) in [5.74, 6) is 0. The third-order valence-corrected chi connectivity index (χ3v) is 4.96. The molecule has 0 spiro atoms. The molecule has 0 saturated carbocycles. The first-order valence-electron chi connectivity index (χ1n) is 9.14. The third kappa shape index (κ3) is 3.79. The Morgan fingerprint density at radius 3 is 2.28 bits per heavy atom. The topological polar surface area (TPSA) is 45.3 Å². The van der Waals surface area contributed by atoms with Gasteiger partial charge in [-0.15, -0.1) is 0 Å². The predicted octanol–water partition coefficient (Wildman–Crippen LogP) is 3.29. The SMILES string of the molecule is CCc1c(C)[nH]c(=O)c(N2CCOCC2)c1Cc1cc(C)cc(C)c1. The molecule has 1 fully saturated rings. The van der Waals surface area contributed by atoms with Crippen LogP contribution >= 0.6 is 0 Å². The maximum atomic E-state index is 12.8. The molecular formula is C21H28N2O2. The van der Waals surface area contributed by atoms with Gasteiger partial charge in [0, 0.05) is 25.2 Å². The summed E-state index contributed by atoms with van der Waals surface area (Å²) in [5, 5.41) is 0. The molecule has 1 aliphatic heterocycles. The van der Waals surface area contributed by atoms with Gasteiger partial charge in [0.1, 0.15) is 5.69 Å². The van der Waals surface area contributed by atoms with Crippen LogP contribution in [0.2, 0.25) is 0 Å². The van der Waals surface area contributed by atoms with Crippen LogP contribution in [0.3, 0.4) is 0 Å². The number of morpholine rings is 1. The van der Waals surface area contributed by atoms with Crippen molar-refractivity contribution in [2.45, 2.75) is 40.5 Å². The highest BCUT2D eigenvalue weighted by atomic mass is 16.5. The zero-order valence-electron chi connectivity index (χ0n) is 15.7. The second-order valence-corrected chi connectivity index (χ2v) is 7.01. The van der Waals surface area contributed by atoms with E-state index in [1.54, 1.807) is 0 Å². The third-order valence-electron chi connectivity index (χ3n) is 4.96. The van der Waals surface area contributed by atoms with E-state index in [-0.39, 0.29) is 5.56 Å². The Morgan fingerprint density at radius 1 is 1.04 bits per heavy atom. The molecule has 1 N–H and O–H groups in total. The number of anilines is 1. The van der Waals surface area contributed by atoms with Crippen LogP contribution in [0.15, 0.2) is 23.0 Å². The largest absolute Gasteiger partial charge is 0.378 e. The van der Waals surface area contributed by atoms with E-state index >= 15 is 0 Å². The number of aromatic amines is 1. The lowest BCUT2D eigenvalue weighted by Gasteiger charge is -2.31. The maximum absolute atomic E-state index is 12.8. The van der Waals surface area contributed by atoms with Gasteiger partial charge in [0.25, 0.3) is 5.56 Å². The van der Waals surface area contributed by atoms with Crippen molar-refractivity contribution in [3.8, 4) is 0 Å². The van der Waals surface area contributed by atoms with Crippen LogP contribution in [0.25, 0.3) is 0 Å². The molecule has 4 heteroatoms. The summed E-state index contributed by atoms with van der Waals surface area (Å²) in [6, 6.07) is 6.65. The number of nitrogens with zero attached hydrogens (tertiary/aromatic N) is 1. The smallest absolute Gasteiger partial charge is 0.272 e. The molecule has 3 rings (SSSR count). The van der Waals surface area contributed by atoms with Crippen molar-refractivity contribution in [3.63, 3.8) is 0 Å². The minimum absolute atomic E-state index is 0.0241. The molecule has 2 heterocycles. The molecule has 1 aromatic heterocycles. The van der Waals surface area contributed by atoms with Gasteiger partial charge in [-0.3, -0.25) is 4.79 Å². The zero-order valence-corrected chi connectivity index (χ0v) is 15.7. The average Bonchev–Trinajstić information content (AvgIpc) is 2.55. The fourth-order valence-corrected chi connectivity index (χ4v) is 3.98. The maximum Gasteiger partial charge on any atom is 0.272 e. The molecule has 0 bridgehead atoms. The molecule has 25 heavy (non-hydrogen) atoms. The van der Waals surface area contributed by atoms with Gasteiger partial charge in [-0.1, -0.05) is 36.2 Å². The van der Waals surface area contributed by atoms with Gasteiger partial charge >= 0.3 is 0 Å². The van der Waals surface area contributed by atoms with E-state index in [0.717, 1.165) is 37.3 Å². The van der Waals surface area contributed by atoms with E-state index in [1.165, 1.54) is 27.8 Å². The minimum Gasteiger partial charge on any atom is -0.378 e. The highest BCUT2D eigenvalue weighted by molar-refractivity contribution is 5.58. The Balaban J connectivity index is 2.12. The van der Waals surface area contributed by atoms with E-state index in [1.807, 2.05) is 6.92 Å². The zero-order chi connectivity index (χ0) is 18.0. The van der Waals surface area contributed by atoms with Gasteiger partial charge in [0.15, 0.2) is 0 Å². The Hall–Kier alpha value is -2.07. The van der Waals surface area contributed by atoms with Crippen molar-refractivity contribution in [1.29, 1.82) is 0 Å². The van der Waals surface area contributed by atoms with Crippen molar-refractivity contribution in [3.05, 3.63) is 62.1 Å². The van der Waals surface area contributed by atoms with Crippen LogP contribution in [0, 0.1) is 20.8 Å². The van der Waals surface area contributed by atoms with E-state index in [9.17, 15) is 4.79 Å². The summed E-state index contributed by atoms with van der Waals surface area (Å²) < 4.78 is 5.48. The molecule has 0 radical (unpaired) electrons. The minimum atomic E-state index is 0.0241. The fourth-order valence-electron chi connectivity index (χ4n) is 3.98. The highest BCUT2D eigenvalue weighted by Crippen LogP contribution is 2.27. The predicted molar refractivity (Wildman–Crippen MR) is 103 cm³/mol. The number of rotatable bonds is 4. The first kappa shape index (κ1) is 17.7. The first-order valence-corrected chi connectivity index (χ1v) is 9.14. The van der Waals surface area contributed by atoms with E-state index < -0.39 is 0 Å². The Labute approximate surface area is 149 Å². The normalized spacial score (nSPS) is 14.8. The van der Waals surface area contributed by atoms with Crippen molar-refractivity contribution < 1.29 is 4.74 Å². The number of aromatic nitrogens is 1.